The van der Waals surface area contributed by atoms with Gasteiger partial charge in [0.05, 0.1) is 0 Å². The molecule has 0 fully saturated rings. The lowest BCUT2D eigenvalue weighted by Crippen LogP contribution is -1.98. The van der Waals surface area contributed by atoms with Crippen molar-refractivity contribution < 1.29 is 4.42 Å². The molecule has 0 amide bonds. The van der Waals surface area contributed by atoms with Crippen LogP contribution in [0.15, 0.2) is 32.8 Å². The Morgan fingerprint density at radius 3 is 2.83 bits per heavy atom. The van der Waals surface area contributed by atoms with E-state index in [1.165, 1.54) is 0 Å². The van der Waals surface area contributed by atoms with Crippen LogP contribution in [0.4, 0.5) is 5.82 Å². The second kappa shape index (κ2) is 6.98. The number of rotatable bonds is 5. The lowest BCUT2D eigenvalue weighted by atomic mass is 10.2. The minimum absolute atomic E-state index is 0.403. The predicted octanol–water partition coefficient (Wildman–Crippen LogP) is 4.22. The summed E-state index contributed by atoms with van der Waals surface area (Å²) in [6.45, 7) is 1.90. The second-order valence-electron chi connectivity index (χ2n) is 4.90. The number of aryl methyl sites for hydroxylation is 2. The molecule has 23 heavy (non-hydrogen) atoms. The Bertz CT molecular complexity index is 853. The maximum Gasteiger partial charge on any atom is 0.190 e. The van der Waals surface area contributed by atoms with Crippen molar-refractivity contribution in [3.8, 4) is 0 Å². The van der Waals surface area contributed by atoms with Crippen molar-refractivity contribution >= 4 is 51.9 Å². The lowest BCUT2D eigenvalue weighted by Gasteiger charge is -2.04. The van der Waals surface area contributed by atoms with Gasteiger partial charge in [-0.05, 0) is 31.7 Å². The Morgan fingerprint density at radius 1 is 1.22 bits per heavy atom. The van der Waals surface area contributed by atoms with Gasteiger partial charge in [0.25, 0.3) is 0 Å². The number of nitrogen functional groups attached to an aromatic ring is 1. The Morgan fingerprint density at radius 2 is 2.04 bits per heavy atom. The number of fused-ring (bicyclic) bond motifs is 1. The molecule has 0 spiro atoms. The van der Waals surface area contributed by atoms with E-state index < -0.39 is 0 Å². The van der Waals surface area contributed by atoms with Crippen LogP contribution in [0, 0.1) is 6.92 Å². The van der Waals surface area contributed by atoms with Crippen LogP contribution >= 0.6 is 35.1 Å². The van der Waals surface area contributed by atoms with Crippen LogP contribution in [0.1, 0.15) is 11.5 Å². The molecule has 2 N–H and O–H groups in total. The molecule has 3 rings (SSSR count). The molecule has 0 atom stereocenters. The molecule has 3 aromatic heterocycles. The molecular weight excluding hydrogens is 352 g/mol. The fraction of sp³-hybridized carbons (Fsp3) is 0.267. The van der Waals surface area contributed by atoms with Gasteiger partial charge in [-0.3, -0.25) is 0 Å². The average Bonchev–Trinajstić information content (AvgIpc) is 2.87. The summed E-state index contributed by atoms with van der Waals surface area (Å²) >= 11 is 9.28. The highest BCUT2D eigenvalue weighted by molar-refractivity contribution is 7.99. The minimum Gasteiger partial charge on any atom is -0.458 e. The molecule has 0 saturated carbocycles. The Labute approximate surface area is 147 Å². The van der Waals surface area contributed by atoms with Crippen molar-refractivity contribution in [2.45, 2.75) is 23.5 Å². The quantitative estimate of drug-likeness (QED) is 0.313. The first-order valence-electron chi connectivity index (χ1n) is 6.92. The zero-order valence-corrected chi connectivity index (χ0v) is 15.1. The zero-order chi connectivity index (χ0) is 16.4. The lowest BCUT2D eigenvalue weighted by molar-refractivity contribution is 0.577. The van der Waals surface area contributed by atoms with Crippen LogP contribution in [0.5, 0.6) is 0 Å². The van der Waals surface area contributed by atoms with Crippen molar-refractivity contribution in [3.05, 3.63) is 34.8 Å². The molecule has 0 aliphatic heterocycles. The fourth-order valence-electron chi connectivity index (χ4n) is 2.16. The zero-order valence-electron chi connectivity index (χ0n) is 12.7. The normalized spacial score (nSPS) is 11.3. The number of anilines is 1. The summed E-state index contributed by atoms with van der Waals surface area (Å²) in [4.78, 5) is 13.1. The number of aromatic nitrogens is 3. The number of thioether (sulfide) groups is 2. The van der Waals surface area contributed by atoms with Gasteiger partial charge in [-0.2, -0.15) is 0 Å². The first-order chi connectivity index (χ1) is 11.0. The van der Waals surface area contributed by atoms with Gasteiger partial charge in [0.15, 0.2) is 15.9 Å². The first kappa shape index (κ1) is 16.4. The molecule has 8 heteroatoms. The minimum atomic E-state index is 0.403. The smallest absolute Gasteiger partial charge is 0.190 e. The van der Waals surface area contributed by atoms with Crippen LogP contribution < -0.4 is 5.73 Å². The van der Waals surface area contributed by atoms with Crippen molar-refractivity contribution in [2.24, 2.45) is 0 Å². The molecule has 0 unspecified atom stereocenters. The summed E-state index contributed by atoms with van der Waals surface area (Å²) in [5.74, 6) is 2.11. The monoisotopic (exact) mass is 366 g/mol. The summed E-state index contributed by atoms with van der Waals surface area (Å²) in [7, 11) is 0. The predicted molar refractivity (Wildman–Crippen MR) is 96.4 cm³/mol. The van der Waals surface area contributed by atoms with E-state index in [4.69, 9.17) is 21.8 Å². The largest absolute Gasteiger partial charge is 0.458 e. The van der Waals surface area contributed by atoms with E-state index in [-0.39, 0.29) is 0 Å². The SMILES string of the molecule is CSc1cc(N)nc(SCCc2cc3cc(C)oc3c(Cl)n2)n1. The highest BCUT2D eigenvalue weighted by atomic mass is 35.5. The third-order valence-corrected chi connectivity index (χ3v) is 4.87. The van der Waals surface area contributed by atoms with Crippen LogP contribution in [0.25, 0.3) is 11.0 Å². The maximum absolute atomic E-state index is 6.18. The first-order valence-corrected chi connectivity index (χ1v) is 9.51. The van der Waals surface area contributed by atoms with Crippen LogP contribution in [0.3, 0.4) is 0 Å². The standard InChI is InChI=1S/C15H15ClN4OS2/c1-8-5-9-6-10(18-14(16)13(9)21-8)3-4-23-15-19-11(17)7-12(20-15)22-2/h5-7H,3-4H2,1-2H3,(H2,17,19,20). The molecule has 0 aromatic carbocycles. The summed E-state index contributed by atoms with van der Waals surface area (Å²) < 4.78 is 5.53. The third-order valence-electron chi connectivity index (χ3n) is 3.14. The van der Waals surface area contributed by atoms with E-state index in [0.717, 1.165) is 34.0 Å². The molecule has 0 aliphatic carbocycles. The summed E-state index contributed by atoms with van der Waals surface area (Å²) in [6, 6.07) is 5.74. The highest BCUT2D eigenvalue weighted by Gasteiger charge is 2.10. The third kappa shape index (κ3) is 3.91. The number of nitrogens with zero attached hydrogens (tertiary/aromatic N) is 3. The van der Waals surface area contributed by atoms with Crippen molar-refractivity contribution in [2.75, 3.05) is 17.7 Å². The van der Waals surface area contributed by atoms with E-state index in [9.17, 15) is 0 Å². The van der Waals surface area contributed by atoms with E-state index in [0.29, 0.717) is 21.7 Å². The van der Waals surface area contributed by atoms with Gasteiger partial charge in [-0.15, -0.1) is 11.8 Å². The molecule has 120 valence electrons. The molecule has 0 saturated heterocycles. The second-order valence-corrected chi connectivity index (χ2v) is 7.14. The average molecular weight is 367 g/mol. The van der Waals surface area contributed by atoms with Gasteiger partial charge in [-0.1, -0.05) is 23.4 Å². The van der Waals surface area contributed by atoms with E-state index in [1.54, 1.807) is 29.6 Å². The molecular formula is C15H15ClN4OS2. The Kier molecular flexibility index (Phi) is 4.99. The number of furan rings is 1. The van der Waals surface area contributed by atoms with Crippen molar-refractivity contribution in [1.82, 2.24) is 15.0 Å². The number of halogens is 1. The van der Waals surface area contributed by atoms with Gasteiger partial charge in [0.2, 0.25) is 0 Å². The number of hydrogen-bond donors (Lipinski definition) is 1. The molecule has 5 nitrogen and oxygen atoms in total. The van der Waals surface area contributed by atoms with E-state index >= 15 is 0 Å². The van der Waals surface area contributed by atoms with Gasteiger partial charge >= 0.3 is 0 Å². The maximum atomic E-state index is 6.18. The van der Waals surface area contributed by atoms with E-state index in [1.807, 2.05) is 25.3 Å². The Hall–Kier alpha value is -1.44. The molecule has 0 aliphatic rings. The number of nitrogens with two attached hydrogens (primary N) is 1. The van der Waals surface area contributed by atoms with Crippen LogP contribution in [0.2, 0.25) is 5.15 Å². The van der Waals surface area contributed by atoms with Gasteiger partial charge in [0, 0.05) is 22.9 Å². The summed E-state index contributed by atoms with van der Waals surface area (Å²) in [6.07, 6.45) is 2.72. The van der Waals surface area contributed by atoms with Gasteiger partial charge < -0.3 is 10.2 Å². The van der Waals surface area contributed by atoms with Gasteiger partial charge in [0.1, 0.15) is 16.6 Å². The van der Waals surface area contributed by atoms with Crippen LogP contribution in [-0.4, -0.2) is 27.0 Å². The fourth-order valence-corrected chi connectivity index (χ4v) is 3.71. The topological polar surface area (TPSA) is 77.8 Å². The van der Waals surface area contributed by atoms with E-state index in [2.05, 4.69) is 15.0 Å². The van der Waals surface area contributed by atoms with Crippen molar-refractivity contribution in [3.63, 3.8) is 0 Å². The molecule has 3 aromatic rings. The summed E-state index contributed by atoms with van der Waals surface area (Å²) in [5, 5.41) is 2.94. The number of hydrogen-bond acceptors (Lipinski definition) is 7. The van der Waals surface area contributed by atoms with Crippen molar-refractivity contribution in [1.29, 1.82) is 0 Å². The molecule has 0 radical (unpaired) electrons. The number of pyridine rings is 1. The molecule has 3 heterocycles. The molecule has 0 bridgehead atoms. The van der Waals surface area contributed by atoms with Crippen LogP contribution in [-0.2, 0) is 6.42 Å². The highest BCUT2D eigenvalue weighted by Crippen LogP contribution is 2.27. The Balaban J connectivity index is 1.70. The van der Waals surface area contributed by atoms with Gasteiger partial charge in [-0.25, -0.2) is 15.0 Å². The summed E-state index contributed by atoms with van der Waals surface area (Å²) in [5.41, 5.74) is 7.35.